The third-order valence-electron chi connectivity index (χ3n) is 19.2. The summed E-state index contributed by atoms with van der Waals surface area (Å²) in [5.41, 5.74) is 21.7. The second-order valence-electron chi connectivity index (χ2n) is 30.4. The van der Waals surface area contributed by atoms with E-state index < -0.39 is 355 Å². The van der Waals surface area contributed by atoms with Gasteiger partial charge in [0.25, 0.3) is 0 Å². The summed E-state index contributed by atoms with van der Waals surface area (Å²) in [5, 5.41) is 110. The number of ether oxygens (including phenoxy) is 4. The first-order valence-corrected chi connectivity index (χ1v) is 42.0. The third kappa shape index (κ3) is 46.3. The number of carboxylic acids is 1. The lowest BCUT2D eigenvalue weighted by molar-refractivity contribution is -0.333. The molecule has 19 unspecified atom stereocenters. The van der Waals surface area contributed by atoms with Crippen LogP contribution in [0.4, 0.5) is 0 Å². The molecule has 2 rings (SSSR count). The molecule has 2 aliphatic heterocycles. The Morgan fingerprint density at radius 1 is 0.358 bits per heavy atom. The number of aliphatic hydroxyl groups is 5. The van der Waals surface area contributed by atoms with Crippen LogP contribution in [0, 0.1) is 0 Å². The van der Waals surface area contributed by atoms with Crippen LogP contribution in [-0.4, -0.2) is 386 Å². The molecule has 2 fully saturated rings. The lowest BCUT2D eigenvalue weighted by Crippen LogP contribution is -2.70. The number of unbranched alkanes of at least 4 members (excludes halogenated alkanes) is 2. The molecule has 35 N–H and O–H groups in total. The summed E-state index contributed by atoms with van der Waals surface area (Å²) < 4.78 is 23.3. The second kappa shape index (κ2) is 61.5. The van der Waals surface area contributed by atoms with Crippen molar-refractivity contribution < 1.29 is 165 Å². The average molecular weight is 1920 g/mol. The summed E-state index contributed by atoms with van der Waals surface area (Å²) in [5.74, 6) is -21.4. The van der Waals surface area contributed by atoms with E-state index in [2.05, 4.69) is 112 Å². The lowest BCUT2D eigenvalue weighted by atomic mass is 9.94. The van der Waals surface area contributed by atoms with Crippen LogP contribution in [0.1, 0.15) is 113 Å². The molecule has 0 aromatic rings. The molecule has 134 heavy (non-hydrogen) atoms. The number of hydrogen-bond acceptors (Lipinski definition) is 35. The Balaban J connectivity index is 1.94. The SMILES string of the molecule is CC(=O)NC1C(OC2C(CO)OC(O)C(NC(C)=O)C2OC(C)C(=O)NC(C)C(=O)NC(CCC(=O)NC(CCCCNC(=O)CNC(=O)CNC(=O)CNC(=O)CNC(=O)CNC(=O)C(C)NC(=O)C(CCCCNC(=O)CNC(=O)CNC(=O)CNC(=O)CNC(=O)CN)NC(=O)CCC(NC(=O)C(C)N)C(N)=O)C(=O)NC(C)C(=O)NCC(=O)O)C(N)=O)OC(CO)C(O)C1O. The fraction of sp³-hybridized carbons (Fsp3) is 0.680. The van der Waals surface area contributed by atoms with E-state index in [1.165, 1.54) is 20.8 Å². The fourth-order valence-electron chi connectivity index (χ4n) is 11.9. The first-order valence-electron chi connectivity index (χ1n) is 42.0. The standard InChI is InChI=1S/C75H125N25O34/c1-33(77)67(123)99-40(65(78)121)14-16-46(105)97-42(12-8-10-18-80-49(108)21-83-52(111)24-86-54(113)26-85-51(110)23-82-48(107)20-76)72(128)93-34(2)68(124)90-29-57(116)89-28-56(115)88-27-55(114)87-25-53(112)84-22-50(109)81-19-11-9-13-43(73(129)94-35(3)69(125)91-30-58(117)118)98-47(106)17-15-41(66(79)122)100-70(126)36(4)92-71(127)37(5)131-64-60(96-39(7)104)74(130)132-45(32-102)63(64)134-75-59(95-38(6)103)62(120)61(119)44(31-101)133-75/h33-37,40-45,59-64,74-75,101-102,119-120,130H,8-32,76-77H2,1-7H3,(H2,78,121)(H2,79,122)(H,80,108)(H,81,109)(H,82,107)(H,83,111)(H,84,112)(H,85,110)(H,86,113)(H,87,114)(H,88,115)(H,89,116)(H,90,124)(H,91,125)(H,92,127)(H,93,128)(H,94,129)(H,95,103)(H,96,104)(H,97,105)(H,98,106)(H,99,123)(H,100,126)(H,117,118). The van der Waals surface area contributed by atoms with Crippen molar-refractivity contribution in [2.24, 2.45) is 22.9 Å². The van der Waals surface area contributed by atoms with Gasteiger partial charge in [-0.2, -0.15) is 0 Å². The van der Waals surface area contributed by atoms with Gasteiger partial charge in [-0.1, -0.05) is 0 Å². The molecule has 0 saturated carbocycles. The minimum atomic E-state index is -1.96. The van der Waals surface area contributed by atoms with Crippen LogP contribution in [-0.2, 0) is 134 Å². The number of nitrogens with two attached hydrogens (primary N) is 4. The smallest absolute Gasteiger partial charge is 0.322 e. The molecule has 0 spiro atoms. The van der Waals surface area contributed by atoms with Gasteiger partial charge in [-0.15, -0.1) is 0 Å². The molecule has 0 aromatic carbocycles. The van der Waals surface area contributed by atoms with Crippen molar-refractivity contribution in [1.29, 1.82) is 0 Å². The predicted molar refractivity (Wildman–Crippen MR) is 452 cm³/mol. The molecule has 0 radical (unpaired) electrons. The van der Waals surface area contributed by atoms with Gasteiger partial charge in [-0.05, 0) is 86.0 Å². The van der Waals surface area contributed by atoms with Gasteiger partial charge < -0.3 is 184 Å². The van der Waals surface area contributed by atoms with Gasteiger partial charge in [-0.3, -0.25) is 115 Å². The monoisotopic (exact) mass is 1920 g/mol. The van der Waals surface area contributed by atoms with Crippen LogP contribution in [0.15, 0.2) is 0 Å². The highest BCUT2D eigenvalue weighted by Gasteiger charge is 2.53. The van der Waals surface area contributed by atoms with Gasteiger partial charge in [0.15, 0.2) is 12.6 Å². The summed E-state index contributed by atoms with van der Waals surface area (Å²) in [7, 11) is 0. The molecular weight excluding hydrogens is 1790 g/mol. The number of aliphatic carboxylic acids is 1. The Morgan fingerprint density at radius 3 is 1.07 bits per heavy atom. The summed E-state index contributed by atoms with van der Waals surface area (Å²) in [4.78, 5) is 302. The van der Waals surface area contributed by atoms with Crippen molar-refractivity contribution in [2.45, 2.75) is 228 Å². The molecule has 2 heterocycles. The highest BCUT2D eigenvalue weighted by Crippen LogP contribution is 2.31. The van der Waals surface area contributed by atoms with Crippen molar-refractivity contribution in [2.75, 3.05) is 98.3 Å². The van der Waals surface area contributed by atoms with Crippen LogP contribution in [0.2, 0.25) is 0 Å². The number of carboxylic acid groups (broad SMARTS) is 1. The molecule has 2 saturated heterocycles. The van der Waals surface area contributed by atoms with Crippen LogP contribution in [0.5, 0.6) is 0 Å². The Kier molecular flexibility index (Phi) is 53.7. The lowest BCUT2D eigenvalue weighted by Gasteiger charge is -2.48. The van der Waals surface area contributed by atoms with E-state index in [4.69, 9.17) is 47.0 Å². The largest absolute Gasteiger partial charge is 0.480 e. The molecule has 19 atom stereocenters. The Bertz CT molecular complexity index is 4090. The number of carbonyl (C=O) groups is 24. The summed E-state index contributed by atoms with van der Waals surface area (Å²) >= 11 is 0. The van der Waals surface area contributed by atoms with Crippen LogP contribution in [0.25, 0.3) is 0 Å². The number of amides is 23. The second-order valence-corrected chi connectivity index (χ2v) is 30.4. The van der Waals surface area contributed by atoms with Crippen molar-refractivity contribution in [3.05, 3.63) is 0 Å². The number of rotatable bonds is 61. The minimum Gasteiger partial charge on any atom is -0.480 e. The van der Waals surface area contributed by atoms with Gasteiger partial charge >= 0.3 is 5.97 Å². The first kappa shape index (κ1) is 117. The van der Waals surface area contributed by atoms with Crippen LogP contribution in [0.3, 0.4) is 0 Å². The highest BCUT2D eigenvalue weighted by atomic mass is 16.7. The van der Waals surface area contributed by atoms with Crippen molar-refractivity contribution in [3.63, 3.8) is 0 Å². The Morgan fingerprint density at radius 2 is 0.709 bits per heavy atom. The van der Waals surface area contributed by atoms with E-state index in [-0.39, 0.29) is 64.6 Å². The van der Waals surface area contributed by atoms with E-state index >= 15 is 0 Å². The number of primary amides is 2. The minimum absolute atomic E-state index is 0.0178. The molecule has 2 aliphatic rings. The Labute approximate surface area is 765 Å². The molecule has 0 aliphatic carbocycles. The maximum absolute atomic E-state index is 13.7. The molecule has 0 bridgehead atoms. The van der Waals surface area contributed by atoms with Crippen LogP contribution < -0.4 is 135 Å². The van der Waals surface area contributed by atoms with Gasteiger partial charge in [0.05, 0.1) is 84.7 Å². The quantitative estimate of drug-likeness (QED) is 0.0251. The molecule has 754 valence electrons. The van der Waals surface area contributed by atoms with E-state index in [9.17, 15) is 141 Å². The van der Waals surface area contributed by atoms with E-state index in [0.29, 0.717) is 0 Å². The zero-order chi connectivity index (χ0) is 101. The number of nitrogens with one attached hydrogen (secondary N) is 21. The predicted octanol–water partition coefficient (Wildman–Crippen LogP) is -19.6. The maximum Gasteiger partial charge on any atom is 0.322 e. The van der Waals surface area contributed by atoms with Gasteiger partial charge in [0.1, 0.15) is 104 Å². The van der Waals surface area contributed by atoms with Crippen molar-refractivity contribution >= 4 is 142 Å². The van der Waals surface area contributed by atoms with Gasteiger partial charge in [-0.25, -0.2) is 0 Å². The fourth-order valence-corrected chi connectivity index (χ4v) is 11.9. The van der Waals surface area contributed by atoms with E-state index in [1.807, 2.05) is 0 Å². The van der Waals surface area contributed by atoms with Crippen molar-refractivity contribution in [3.8, 4) is 0 Å². The topological polar surface area (TPSA) is 925 Å². The number of hydrogen-bond donors (Lipinski definition) is 31. The van der Waals surface area contributed by atoms with E-state index in [1.54, 1.807) is 0 Å². The summed E-state index contributed by atoms with van der Waals surface area (Å²) in [6.45, 7) is -0.558. The summed E-state index contributed by atoms with van der Waals surface area (Å²) in [6.07, 6.45) is -17.3. The summed E-state index contributed by atoms with van der Waals surface area (Å²) in [6, 6.07) is -14.3. The Hall–Kier alpha value is -13.2. The normalized spacial score (nSPS) is 19.7. The van der Waals surface area contributed by atoms with Gasteiger partial charge in [0.2, 0.25) is 136 Å². The highest BCUT2D eigenvalue weighted by molar-refractivity contribution is 5.98. The zero-order valence-electron chi connectivity index (χ0n) is 74.6. The average Bonchev–Trinajstić information content (AvgIpc) is 0.772. The van der Waals surface area contributed by atoms with Crippen molar-refractivity contribution in [1.82, 2.24) is 112 Å². The molecular formula is C75H125N25O34. The number of carbonyl (C=O) groups excluding carboxylic acids is 23. The first-order chi connectivity index (χ1) is 63.0. The zero-order valence-corrected chi connectivity index (χ0v) is 74.6. The number of aliphatic hydroxyl groups excluding tert-OH is 5. The molecule has 59 heteroatoms. The maximum atomic E-state index is 13.7. The molecule has 59 nitrogen and oxygen atoms in total. The van der Waals surface area contributed by atoms with E-state index in [0.717, 1.165) is 27.7 Å². The molecule has 23 amide bonds. The molecule has 0 aromatic heterocycles. The third-order valence-corrected chi connectivity index (χ3v) is 19.2. The van der Waals surface area contributed by atoms with Crippen LogP contribution >= 0.6 is 0 Å². The van der Waals surface area contributed by atoms with Gasteiger partial charge in [0, 0.05) is 39.8 Å².